The summed E-state index contributed by atoms with van der Waals surface area (Å²) in [7, 11) is 0. The highest BCUT2D eigenvalue weighted by atomic mass is 79.9. The molecule has 1 heterocycles. The Morgan fingerprint density at radius 1 is 1.27 bits per heavy atom. The molecule has 0 fully saturated rings. The van der Waals surface area contributed by atoms with E-state index in [2.05, 4.69) is 52.0 Å². The van der Waals surface area contributed by atoms with Gasteiger partial charge in [-0.15, -0.1) is 11.3 Å². The third-order valence-corrected chi connectivity index (χ3v) is 5.88. The van der Waals surface area contributed by atoms with Crippen LogP contribution in [0.1, 0.15) is 40.6 Å². The molecule has 0 spiro atoms. The minimum atomic E-state index is 0.182. The van der Waals surface area contributed by atoms with Crippen LogP contribution in [0.25, 0.3) is 0 Å². The molecule has 116 valence electrons. The molecule has 1 aromatic carbocycles. The largest absolute Gasteiger partial charge is 0.335 e. The second kappa shape index (κ2) is 6.97. The smallest absolute Gasteiger partial charge is 0.264 e. The highest BCUT2D eigenvalue weighted by Gasteiger charge is 2.28. The van der Waals surface area contributed by atoms with Crippen molar-refractivity contribution in [2.45, 2.75) is 38.6 Å². The Labute approximate surface area is 144 Å². The highest BCUT2D eigenvalue weighted by molar-refractivity contribution is 9.11. The Balaban J connectivity index is 1.81. The minimum absolute atomic E-state index is 0.182. The number of amides is 1. The molecule has 0 saturated heterocycles. The van der Waals surface area contributed by atoms with Crippen LogP contribution < -0.4 is 0 Å². The summed E-state index contributed by atoms with van der Waals surface area (Å²) in [4.78, 5) is 15.8. The van der Waals surface area contributed by atoms with Gasteiger partial charge in [0.15, 0.2) is 0 Å². The van der Waals surface area contributed by atoms with Crippen LogP contribution in [0.4, 0.5) is 0 Å². The van der Waals surface area contributed by atoms with Gasteiger partial charge >= 0.3 is 0 Å². The standard InChI is InChI=1S/C18H20BrNOS/c1-2-11-20(18(21)16-9-10-17(19)22-16)15-8-7-13-5-3-4-6-14(13)12-15/h3-6,9-10,15H,2,7-8,11-12H2,1H3. The van der Waals surface area contributed by atoms with Crippen LogP contribution in [0, 0.1) is 0 Å². The number of benzene rings is 1. The summed E-state index contributed by atoms with van der Waals surface area (Å²) in [6.07, 6.45) is 4.11. The summed E-state index contributed by atoms with van der Waals surface area (Å²) in [5.74, 6) is 0.182. The normalized spacial score (nSPS) is 17.1. The fraction of sp³-hybridized carbons (Fsp3) is 0.389. The Bertz CT molecular complexity index is 667. The van der Waals surface area contributed by atoms with Gasteiger partial charge in [-0.1, -0.05) is 31.2 Å². The van der Waals surface area contributed by atoms with E-state index in [4.69, 9.17) is 0 Å². The van der Waals surface area contributed by atoms with E-state index in [0.29, 0.717) is 6.04 Å². The van der Waals surface area contributed by atoms with Crippen molar-refractivity contribution in [2.24, 2.45) is 0 Å². The maximum Gasteiger partial charge on any atom is 0.264 e. The first kappa shape index (κ1) is 15.8. The molecule has 3 rings (SSSR count). The summed E-state index contributed by atoms with van der Waals surface area (Å²) in [5.41, 5.74) is 2.85. The Morgan fingerprint density at radius 3 is 2.73 bits per heavy atom. The predicted octanol–water partition coefficient (Wildman–Crippen LogP) is 4.92. The maximum absolute atomic E-state index is 12.9. The van der Waals surface area contributed by atoms with E-state index in [9.17, 15) is 4.79 Å². The average Bonchev–Trinajstić information content (AvgIpc) is 2.98. The van der Waals surface area contributed by atoms with E-state index < -0.39 is 0 Å². The summed E-state index contributed by atoms with van der Waals surface area (Å²) in [6, 6.07) is 12.8. The van der Waals surface area contributed by atoms with E-state index in [-0.39, 0.29) is 5.91 Å². The molecule has 0 bridgehead atoms. The first-order valence-corrected chi connectivity index (χ1v) is 9.43. The molecule has 1 aromatic heterocycles. The Hall–Kier alpha value is -1.13. The highest BCUT2D eigenvalue weighted by Crippen LogP contribution is 2.28. The van der Waals surface area contributed by atoms with Crippen molar-refractivity contribution in [3.8, 4) is 0 Å². The molecule has 22 heavy (non-hydrogen) atoms. The number of halogens is 1. The van der Waals surface area contributed by atoms with E-state index >= 15 is 0 Å². The molecule has 0 radical (unpaired) electrons. The molecule has 0 N–H and O–H groups in total. The lowest BCUT2D eigenvalue weighted by molar-refractivity contribution is 0.0666. The van der Waals surface area contributed by atoms with Crippen molar-refractivity contribution in [1.82, 2.24) is 4.90 Å². The third-order valence-electron chi connectivity index (χ3n) is 4.27. The number of hydrogen-bond donors (Lipinski definition) is 0. The van der Waals surface area contributed by atoms with Crippen LogP contribution in [0.5, 0.6) is 0 Å². The van der Waals surface area contributed by atoms with Crippen LogP contribution in [-0.4, -0.2) is 23.4 Å². The second-order valence-electron chi connectivity index (χ2n) is 5.77. The van der Waals surface area contributed by atoms with Crippen LogP contribution >= 0.6 is 27.3 Å². The fourth-order valence-electron chi connectivity index (χ4n) is 3.21. The number of aryl methyl sites for hydroxylation is 1. The molecule has 0 aliphatic heterocycles. The summed E-state index contributed by atoms with van der Waals surface area (Å²) in [6.45, 7) is 2.97. The number of thiophene rings is 1. The van der Waals surface area contributed by atoms with E-state index in [0.717, 1.165) is 40.9 Å². The molecule has 1 amide bonds. The molecule has 2 aromatic rings. The van der Waals surface area contributed by atoms with Gasteiger partial charge < -0.3 is 4.90 Å². The minimum Gasteiger partial charge on any atom is -0.335 e. The lowest BCUT2D eigenvalue weighted by Gasteiger charge is -2.35. The van der Waals surface area contributed by atoms with Gasteiger partial charge in [0.05, 0.1) is 8.66 Å². The summed E-state index contributed by atoms with van der Waals surface area (Å²) >= 11 is 4.98. The second-order valence-corrected chi connectivity index (χ2v) is 8.23. The number of hydrogen-bond acceptors (Lipinski definition) is 2. The number of rotatable bonds is 4. The van der Waals surface area contributed by atoms with E-state index in [1.807, 2.05) is 12.1 Å². The van der Waals surface area contributed by atoms with E-state index in [1.165, 1.54) is 22.5 Å². The molecule has 1 aliphatic rings. The van der Waals surface area contributed by atoms with Gasteiger partial charge in [0.25, 0.3) is 5.91 Å². The zero-order valence-corrected chi connectivity index (χ0v) is 15.1. The van der Waals surface area contributed by atoms with E-state index in [1.54, 1.807) is 0 Å². The molecular weight excluding hydrogens is 358 g/mol. The molecule has 1 atom stereocenters. The zero-order chi connectivity index (χ0) is 15.5. The van der Waals surface area contributed by atoms with Gasteiger partial charge in [0.2, 0.25) is 0 Å². The van der Waals surface area contributed by atoms with Crippen LogP contribution in [0.3, 0.4) is 0 Å². The summed E-state index contributed by atoms with van der Waals surface area (Å²) in [5, 5.41) is 0. The van der Waals surface area contributed by atoms with Crippen molar-refractivity contribution < 1.29 is 4.79 Å². The third kappa shape index (κ3) is 3.28. The molecule has 0 saturated carbocycles. The van der Waals surface area contributed by atoms with Gasteiger partial charge in [-0.2, -0.15) is 0 Å². The van der Waals surface area contributed by atoms with Crippen molar-refractivity contribution in [2.75, 3.05) is 6.54 Å². The lowest BCUT2D eigenvalue weighted by Crippen LogP contribution is -2.43. The monoisotopic (exact) mass is 377 g/mol. The maximum atomic E-state index is 12.9. The van der Waals surface area contributed by atoms with Gasteiger partial charge in [0, 0.05) is 12.6 Å². The van der Waals surface area contributed by atoms with Crippen LogP contribution in [0.15, 0.2) is 40.2 Å². The van der Waals surface area contributed by atoms with Gasteiger partial charge in [-0.3, -0.25) is 4.79 Å². The Kier molecular flexibility index (Phi) is 4.99. The molecule has 1 aliphatic carbocycles. The van der Waals surface area contributed by atoms with Gasteiger partial charge in [-0.05, 0) is 64.9 Å². The molecule has 2 nitrogen and oxygen atoms in total. The Morgan fingerprint density at radius 2 is 2.05 bits per heavy atom. The number of nitrogens with zero attached hydrogens (tertiary/aromatic N) is 1. The lowest BCUT2D eigenvalue weighted by atomic mass is 9.87. The first-order valence-electron chi connectivity index (χ1n) is 7.82. The average molecular weight is 378 g/mol. The van der Waals surface area contributed by atoms with Gasteiger partial charge in [0.1, 0.15) is 0 Å². The quantitative estimate of drug-likeness (QED) is 0.740. The molecule has 4 heteroatoms. The van der Waals surface area contributed by atoms with Crippen molar-refractivity contribution in [3.05, 3.63) is 56.2 Å². The van der Waals surface area contributed by atoms with Crippen LogP contribution in [0.2, 0.25) is 0 Å². The van der Waals surface area contributed by atoms with Crippen molar-refractivity contribution >= 4 is 33.2 Å². The zero-order valence-electron chi connectivity index (χ0n) is 12.7. The van der Waals surface area contributed by atoms with Gasteiger partial charge in [-0.25, -0.2) is 0 Å². The predicted molar refractivity (Wildman–Crippen MR) is 95.6 cm³/mol. The number of carbonyl (C=O) groups is 1. The fourth-order valence-corrected chi connectivity index (χ4v) is 4.55. The topological polar surface area (TPSA) is 20.3 Å². The SMILES string of the molecule is CCCN(C(=O)c1ccc(Br)s1)C1CCc2ccccc2C1. The number of carbonyl (C=O) groups excluding carboxylic acids is 1. The molecule has 1 unspecified atom stereocenters. The summed E-state index contributed by atoms with van der Waals surface area (Å²) < 4.78 is 1.02. The number of fused-ring (bicyclic) bond motifs is 1. The van der Waals surface area contributed by atoms with Crippen molar-refractivity contribution in [3.63, 3.8) is 0 Å². The molecular formula is C18H20BrNOS. The first-order chi connectivity index (χ1) is 10.7. The van der Waals surface area contributed by atoms with Crippen molar-refractivity contribution in [1.29, 1.82) is 0 Å². The van der Waals surface area contributed by atoms with Crippen LogP contribution in [-0.2, 0) is 12.8 Å².